The average Bonchev–Trinajstić information content (AvgIpc) is 3.20. The standard InChI is InChI=1S/C14H11ClN.C5H5.2ClH.Zr/c1-10-7-11-9-14(15)16(13(11)8-10)12-5-3-2-4-6-12;1-2-4-5-3-1;;;/h2-8,14H,1H3;1-3H,4H2;2*1H;/q;;;;+2/p-2. The molecule has 1 aromatic carbocycles. The number of allylic oxidation sites excluding steroid dienone is 7. The van der Waals surface area contributed by atoms with Gasteiger partial charge >= 0.3 is 148 Å². The second-order valence-electron chi connectivity index (χ2n) is 5.74. The predicted molar refractivity (Wildman–Crippen MR) is 89.3 cm³/mol. The normalized spacial score (nSPS) is 20.7. The van der Waals surface area contributed by atoms with E-state index in [9.17, 15) is 0 Å². The summed E-state index contributed by atoms with van der Waals surface area (Å²) in [6.07, 6.45) is 12.4. The maximum absolute atomic E-state index is 6.90. The first-order valence-electron chi connectivity index (χ1n) is 7.49. The van der Waals surface area contributed by atoms with Gasteiger partial charge in [-0.25, -0.2) is 0 Å². The Bertz CT molecular complexity index is 775. The number of anilines is 1. The van der Waals surface area contributed by atoms with Crippen LogP contribution in [0.15, 0.2) is 84.1 Å². The van der Waals surface area contributed by atoms with Gasteiger partial charge in [-0.2, -0.15) is 0 Å². The summed E-state index contributed by atoms with van der Waals surface area (Å²) in [6, 6.07) is 10.5. The van der Waals surface area contributed by atoms with Gasteiger partial charge in [0.05, 0.1) is 0 Å². The molecule has 0 N–H and O–H groups in total. The van der Waals surface area contributed by atoms with Gasteiger partial charge in [0.25, 0.3) is 0 Å². The van der Waals surface area contributed by atoms with Crippen LogP contribution in [0.25, 0.3) is 0 Å². The van der Waals surface area contributed by atoms with E-state index in [0.717, 1.165) is 6.42 Å². The zero-order chi connectivity index (χ0) is 15.1. The number of para-hydroxylation sites is 1. The smallest absolute Gasteiger partial charge is 1.00 e. The van der Waals surface area contributed by atoms with Crippen molar-refractivity contribution in [2.24, 2.45) is 0 Å². The van der Waals surface area contributed by atoms with Gasteiger partial charge in [-0.3, -0.25) is 0 Å². The molecule has 1 unspecified atom stereocenters. The van der Waals surface area contributed by atoms with Crippen molar-refractivity contribution < 1.29 is 48.0 Å². The van der Waals surface area contributed by atoms with Gasteiger partial charge < -0.3 is 24.8 Å². The molecule has 5 heteroatoms. The van der Waals surface area contributed by atoms with E-state index in [4.69, 9.17) is 11.6 Å². The first-order valence-corrected chi connectivity index (χ1v) is 10.4. The number of alkyl halides is 1. The molecule has 0 fully saturated rings. The molecule has 1 aliphatic heterocycles. The number of hydrogen-bond donors (Lipinski definition) is 0. The third-order valence-corrected chi connectivity index (χ3v) is 8.69. The number of fused-ring (bicyclic) bond motifs is 1. The number of rotatable bonds is 3. The van der Waals surface area contributed by atoms with Crippen molar-refractivity contribution in [1.82, 2.24) is 0 Å². The molecule has 0 saturated carbocycles. The molecule has 0 amide bonds. The van der Waals surface area contributed by atoms with Crippen molar-refractivity contribution in [1.29, 1.82) is 0 Å². The molecule has 0 saturated heterocycles. The first-order chi connectivity index (χ1) is 10.7. The molecule has 4 rings (SSSR count). The fourth-order valence-corrected chi connectivity index (χ4v) is 7.05. The fourth-order valence-electron chi connectivity index (χ4n) is 3.13. The number of benzene rings is 1. The maximum atomic E-state index is 6.90. The summed E-state index contributed by atoms with van der Waals surface area (Å²) in [4.78, 5) is 2.29. The number of nitrogens with zero attached hydrogens (tertiary/aromatic N) is 1. The van der Waals surface area contributed by atoms with Gasteiger partial charge in [-0.1, -0.05) is 0 Å². The summed E-state index contributed by atoms with van der Waals surface area (Å²) in [7, 11) is 0. The summed E-state index contributed by atoms with van der Waals surface area (Å²) < 4.78 is 3.11. The van der Waals surface area contributed by atoms with Crippen LogP contribution in [0.2, 0.25) is 0 Å². The maximum Gasteiger partial charge on any atom is -1.00 e. The Morgan fingerprint density at radius 1 is 1.12 bits per heavy atom. The van der Waals surface area contributed by atoms with Crippen molar-refractivity contribution in [3.05, 3.63) is 84.1 Å². The van der Waals surface area contributed by atoms with Gasteiger partial charge in [-0.15, -0.1) is 0 Å². The van der Waals surface area contributed by atoms with Gasteiger partial charge in [0.15, 0.2) is 0 Å². The van der Waals surface area contributed by atoms with Gasteiger partial charge in [0, 0.05) is 0 Å². The topological polar surface area (TPSA) is 3.24 Å². The third-order valence-electron chi connectivity index (χ3n) is 4.13. The van der Waals surface area contributed by atoms with Crippen LogP contribution in [0.3, 0.4) is 0 Å². The molecule has 122 valence electrons. The SMILES string of the molecule is CC1=CC2=[C]([Zr+2][C]3=CC=CC3)C(Cl)N(c3ccccc3)C2=C1.[Cl-].[Cl-]. The molecule has 0 bridgehead atoms. The minimum absolute atomic E-state index is 0. The summed E-state index contributed by atoms with van der Waals surface area (Å²) in [6.45, 7) is 2.17. The molecule has 1 atom stereocenters. The minimum atomic E-state index is -0.795. The zero-order valence-corrected chi connectivity index (χ0v) is 17.9. The zero-order valence-electron chi connectivity index (χ0n) is 13.1. The molecule has 0 aromatic heterocycles. The molecule has 3 aliphatic rings. The van der Waals surface area contributed by atoms with Crippen molar-refractivity contribution >= 4 is 17.3 Å². The van der Waals surface area contributed by atoms with E-state index < -0.39 is 23.2 Å². The Hall–Kier alpha value is -0.527. The second-order valence-corrected chi connectivity index (χ2v) is 9.67. The summed E-state index contributed by atoms with van der Waals surface area (Å²) in [5.41, 5.74) is 5.15. The van der Waals surface area contributed by atoms with E-state index >= 15 is 0 Å². The summed E-state index contributed by atoms with van der Waals surface area (Å²) >= 11 is 6.11. The molecular weight excluding hydrogens is 440 g/mol. The predicted octanol–water partition coefficient (Wildman–Crippen LogP) is -0.896. The van der Waals surface area contributed by atoms with Crippen LogP contribution in [0.1, 0.15) is 13.3 Å². The summed E-state index contributed by atoms with van der Waals surface area (Å²) in [5.74, 6) is 0. The third kappa shape index (κ3) is 3.53. The molecule has 0 radical (unpaired) electrons. The second kappa shape index (κ2) is 8.23. The Balaban J connectivity index is 0.00000104. The average molecular weight is 456 g/mol. The van der Waals surface area contributed by atoms with Crippen LogP contribution in [-0.4, -0.2) is 5.50 Å². The quantitative estimate of drug-likeness (QED) is 0.422. The van der Waals surface area contributed by atoms with Crippen LogP contribution in [-0.2, 0) is 23.2 Å². The Labute approximate surface area is 172 Å². The fraction of sp³-hybridized carbons (Fsp3) is 0.158. The van der Waals surface area contributed by atoms with E-state index in [1.807, 2.05) is 0 Å². The van der Waals surface area contributed by atoms with Crippen LogP contribution < -0.4 is 29.7 Å². The molecule has 0 spiro atoms. The van der Waals surface area contributed by atoms with Crippen LogP contribution in [0.5, 0.6) is 0 Å². The van der Waals surface area contributed by atoms with Gasteiger partial charge in [-0.05, 0) is 0 Å². The Kier molecular flexibility index (Phi) is 6.79. The minimum Gasteiger partial charge on any atom is -1.00 e. The van der Waals surface area contributed by atoms with Crippen molar-refractivity contribution in [3.8, 4) is 0 Å². The van der Waals surface area contributed by atoms with Crippen LogP contribution in [0, 0.1) is 0 Å². The Morgan fingerprint density at radius 3 is 2.54 bits per heavy atom. The van der Waals surface area contributed by atoms with Crippen molar-refractivity contribution in [2.75, 3.05) is 4.90 Å². The number of hydrogen-bond acceptors (Lipinski definition) is 1. The molecule has 1 nitrogen and oxygen atoms in total. The van der Waals surface area contributed by atoms with Gasteiger partial charge in [0.2, 0.25) is 0 Å². The molecule has 1 aromatic rings. The molecule has 1 heterocycles. The number of halogens is 3. The monoisotopic (exact) mass is 453 g/mol. The molecular formula is C19H16Cl3NZr. The van der Waals surface area contributed by atoms with Crippen LogP contribution >= 0.6 is 11.6 Å². The van der Waals surface area contributed by atoms with Gasteiger partial charge in [0.1, 0.15) is 0 Å². The van der Waals surface area contributed by atoms with E-state index in [-0.39, 0.29) is 30.3 Å². The van der Waals surface area contributed by atoms with E-state index in [1.165, 1.54) is 25.8 Å². The first kappa shape index (κ1) is 19.8. The molecule has 24 heavy (non-hydrogen) atoms. The largest absolute Gasteiger partial charge is 1.00 e. The van der Waals surface area contributed by atoms with Crippen LogP contribution in [0.4, 0.5) is 5.69 Å². The van der Waals surface area contributed by atoms with E-state index in [1.54, 1.807) is 3.28 Å². The molecule has 2 aliphatic carbocycles. The van der Waals surface area contributed by atoms with Crippen molar-refractivity contribution in [2.45, 2.75) is 18.8 Å². The Morgan fingerprint density at radius 2 is 1.88 bits per heavy atom. The van der Waals surface area contributed by atoms with E-state index in [2.05, 4.69) is 72.5 Å². The van der Waals surface area contributed by atoms with E-state index in [0.29, 0.717) is 0 Å². The summed E-state index contributed by atoms with van der Waals surface area (Å²) in [5, 5.41) is 0. The van der Waals surface area contributed by atoms with Crippen molar-refractivity contribution in [3.63, 3.8) is 0 Å².